The predicted molar refractivity (Wildman–Crippen MR) is 127 cm³/mol. The van der Waals surface area contributed by atoms with Crippen molar-refractivity contribution in [3.8, 4) is 11.3 Å². The predicted octanol–water partition coefficient (Wildman–Crippen LogP) is 4.93. The van der Waals surface area contributed by atoms with Gasteiger partial charge in [0.1, 0.15) is 0 Å². The van der Waals surface area contributed by atoms with Crippen LogP contribution in [0.1, 0.15) is 43.0 Å². The van der Waals surface area contributed by atoms with Crippen LogP contribution in [0.4, 0.5) is 16.5 Å². The highest BCUT2D eigenvalue weighted by molar-refractivity contribution is 7.14. The maximum Gasteiger partial charge on any atom is 0.257 e. The SMILES string of the molecule is CCCC(=O)Nc1ccc(-c2csc(NC(=O)c3cccc(N4CCCC4=O)c3)n2)cc1. The molecule has 2 N–H and O–H groups in total. The van der Waals surface area contributed by atoms with E-state index in [4.69, 9.17) is 0 Å². The first kappa shape index (κ1) is 21.7. The molecule has 2 heterocycles. The molecular weight excluding hydrogens is 424 g/mol. The van der Waals surface area contributed by atoms with E-state index in [9.17, 15) is 14.4 Å². The Balaban J connectivity index is 1.41. The minimum absolute atomic E-state index is 0.00271. The number of nitrogens with zero attached hydrogens (tertiary/aromatic N) is 2. The van der Waals surface area contributed by atoms with Crippen LogP contribution < -0.4 is 15.5 Å². The summed E-state index contributed by atoms with van der Waals surface area (Å²) in [5, 5.41) is 8.07. The molecule has 7 nitrogen and oxygen atoms in total. The fraction of sp³-hybridized carbons (Fsp3) is 0.250. The summed E-state index contributed by atoms with van der Waals surface area (Å²) in [6, 6.07) is 14.5. The van der Waals surface area contributed by atoms with Crippen LogP contribution in [0.2, 0.25) is 0 Å². The second-order valence-corrected chi connectivity index (χ2v) is 8.42. The third-order valence-electron chi connectivity index (χ3n) is 5.16. The summed E-state index contributed by atoms with van der Waals surface area (Å²) < 4.78 is 0. The van der Waals surface area contributed by atoms with Crippen LogP contribution in [0.15, 0.2) is 53.9 Å². The highest BCUT2D eigenvalue weighted by Gasteiger charge is 2.22. The van der Waals surface area contributed by atoms with Gasteiger partial charge < -0.3 is 10.2 Å². The molecule has 0 atom stereocenters. The standard InChI is InChI=1S/C24H24N4O3S/c1-2-5-21(29)25-18-11-9-16(10-12-18)20-15-32-24(26-20)27-23(31)17-6-3-7-19(14-17)28-13-4-8-22(28)30/h3,6-7,9-12,14-15H,2,4-5,8,13H2,1H3,(H,25,29)(H,26,27,31). The van der Waals surface area contributed by atoms with E-state index in [0.29, 0.717) is 30.1 Å². The number of rotatable bonds is 7. The van der Waals surface area contributed by atoms with Gasteiger partial charge in [0.15, 0.2) is 5.13 Å². The molecule has 4 rings (SSSR count). The van der Waals surface area contributed by atoms with Crippen molar-refractivity contribution >= 4 is 45.6 Å². The largest absolute Gasteiger partial charge is 0.326 e. The summed E-state index contributed by atoms with van der Waals surface area (Å²) in [7, 11) is 0. The van der Waals surface area contributed by atoms with Crippen molar-refractivity contribution in [3.05, 3.63) is 59.5 Å². The molecule has 0 unspecified atom stereocenters. The number of carbonyl (C=O) groups is 3. The second-order valence-electron chi connectivity index (χ2n) is 7.57. The number of carbonyl (C=O) groups excluding carboxylic acids is 3. The molecule has 0 bridgehead atoms. The van der Waals surface area contributed by atoms with Crippen LogP contribution in [-0.2, 0) is 9.59 Å². The summed E-state index contributed by atoms with van der Waals surface area (Å²) in [6.45, 7) is 2.65. The lowest BCUT2D eigenvalue weighted by molar-refractivity contribution is -0.117. The van der Waals surface area contributed by atoms with Crippen LogP contribution in [0.3, 0.4) is 0 Å². The highest BCUT2D eigenvalue weighted by atomic mass is 32.1. The monoisotopic (exact) mass is 448 g/mol. The van der Waals surface area contributed by atoms with Gasteiger partial charge >= 0.3 is 0 Å². The molecular formula is C24H24N4O3S. The molecule has 0 saturated carbocycles. The Bertz CT molecular complexity index is 1140. The zero-order chi connectivity index (χ0) is 22.5. The number of nitrogens with one attached hydrogen (secondary N) is 2. The Labute approximate surface area is 190 Å². The van der Waals surface area contributed by atoms with E-state index in [-0.39, 0.29) is 17.7 Å². The summed E-state index contributed by atoms with van der Waals surface area (Å²) in [4.78, 5) is 42.7. The van der Waals surface area contributed by atoms with Gasteiger partial charge in [0, 0.05) is 47.3 Å². The van der Waals surface area contributed by atoms with E-state index >= 15 is 0 Å². The molecule has 164 valence electrons. The number of thiazole rings is 1. The minimum atomic E-state index is -0.270. The smallest absolute Gasteiger partial charge is 0.257 e. The average Bonchev–Trinajstić information content (AvgIpc) is 3.43. The van der Waals surface area contributed by atoms with Crippen molar-refractivity contribution in [1.82, 2.24) is 4.98 Å². The summed E-state index contributed by atoms with van der Waals surface area (Å²) in [5.41, 5.74) is 3.60. The van der Waals surface area contributed by atoms with Gasteiger partial charge in [-0.05, 0) is 43.2 Å². The maximum absolute atomic E-state index is 12.7. The van der Waals surface area contributed by atoms with Gasteiger partial charge in [-0.25, -0.2) is 4.98 Å². The third kappa shape index (κ3) is 5.03. The zero-order valence-corrected chi connectivity index (χ0v) is 18.6. The van der Waals surface area contributed by atoms with Gasteiger partial charge in [0.2, 0.25) is 11.8 Å². The van der Waals surface area contributed by atoms with Crippen molar-refractivity contribution in [3.63, 3.8) is 0 Å². The van der Waals surface area contributed by atoms with E-state index in [1.807, 2.05) is 42.6 Å². The molecule has 3 amide bonds. The summed E-state index contributed by atoms with van der Waals surface area (Å²) in [6.07, 6.45) is 2.68. The van der Waals surface area contributed by atoms with Crippen molar-refractivity contribution in [2.24, 2.45) is 0 Å². The normalized spacial score (nSPS) is 13.3. The Hall–Kier alpha value is -3.52. The number of benzene rings is 2. The minimum Gasteiger partial charge on any atom is -0.326 e. The molecule has 1 aliphatic rings. The molecule has 32 heavy (non-hydrogen) atoms. The summed E-state index contributed by atoms with van der Waals surface area (Å²) in [5.74, 6) is -0.187. The molecule has 1 fully saturated rings. The van der Waals surface area contributed by atoms with Crippen molar-refractivity contribution in [1.29, 1.82) is 0 Å². The van der Waals surface area contributed by atoms with Gasteiger partial charge in [-0.1, -0.05) is 25.1 Å². The van der Waals surface area contributed by atoms with Gasteiger partial charge in [0.25, 0.3) is 5.91 Å². The Morgan fingerprint density at radius 1 is 1.12 bits per heavy atom. The van der Waals surface area contributed by atoms with Crippen LogP contribution in [-0.4, -0.2) is 29.3 Å². The number of anilines is 3. The molecule has 0 radical (unpaired) electrons. The Morgan fingerprint density at radius 2 is 1.94 bits per heavy atom. The molecule has 1 aromatic heterocycles. The van der Waals surface area contributed by atoms with E-state index in [0.717, 1.165) is 35.5 Å². The molecule has 0 spiro atoms. The Kier molecular flexibility index (Phi) is 6.61. The van der Waals surface area contributed by atoms with E-state index in [1.165, 1.54) is 11.3 Å². The first-order chi connectivity index (χ1) is 15.5. The average molecular weight is 449 g/mol. The first-order valence-corrected chi connectivity index (χ1v) is 11.5. The molecule has 8 heteroatoms. The van der Waals surface area contributed by atoms with Crippen LogP contribution >= 0.6 is 11.3 Å². The van der Waals surface area contributed by atoms with Crippen molar-refractivity contribution in [2.75, 3.05) is 22.1 Å². The molecule has 1 saturated heterocycles. The van der Waals surface area contributed by atoms with Crippen LogP contribution in [0, 0.1) is 0 Å². The summed E-state index contributed by atoms with van der Waals surface area (Å²) >= 11 is 1.34. The quantitative estimate of drug-likeness (QED) is 0.536. The van der Waals surface area contributed by atoms with Crippen LogP contribution in [0.5, 0.6) is 0 Å². The first-order valence-electron chi connectivity index (χ1n) is 10.6. The highest BCUT2D eigenvalue weighted by Crippen LogP contribution is 2.27. The van der Waals surface area contributed by atoms with Crippen molar-refractivity contribution in [2.45, 2.75) is 32.6 Å². The molecule has 0 aliphatic carbocycles. The lowest BCUT2D eigenvalue weighted by atomic mass is 10.1. The third-order valence-corrected chi connectivity index (χ3v) is 5.92. The van der Waals surface area contributed by atoms with Gasteiger partial charge in [-0.3, -0.25) is 19.7 Å². The number of hydrogen-bond acceptors (Lipinski definition) is 5. The van der Waals surface area contributed by atoms with E-state index in [2.05, 4.69) is 15.6 Å². The molecule has 3 aromatic rings. The molecule has 2 aromatic carbocycles. The van der Waals surface area contributed by atoms with Gasteiger partial charge in [0.05, 0.1) is 5.69 Å². The van der Waals surface area contributed by atoms with E-state index in [1.54, 1.807) is 23.1 Å². The van der Waals surface area contributed by atoms with Gasteiger partial charge in [-0.15, -0.1) is 11.3 Å². The lowest BCUT2D eigenvalue weighted by Crippen LogP contribution is -2.24. The maximum atomic E-state index is 12.7. The van der Waals surface area contributed by atoms with Gasteiger partial charge in [-0.2, -0.15) is 0 Å². The number of amides is 3. The fourth-order valence-corrected chi connectivity index (χ4v) is 4.26. The van der Waals surface area contributed by atoms with E-state index < -0.39 is 0 Å². The second kappa shape index (κ2) is 9.74. The number of aromatic nitrogens is 1. The van der Waals surface area contributed by atoms with Crippen molar-refractivity contribution < 1.29 is 14.4 Å². The Morgan fingerprint density at radius 3 is 2.66 bits per heavy atom. The van der Waals surface area contributed by atoms with Crippen LogP contribution in [0.25, 0.3) is 11.3 Å². The topological polar surface area (TPSA) is 91.4 Å². The fourth-order valence-electron chi connectivity index (χ4n) is 3.54. The number of hydrogen-bond donors (Lipinski definition) is 2. The zero-order valence-electron chi connectivity index (χ0n) is 17.8. The molecule has 1 aliphatic heterocycles. The lowest BCUT2D eigenvalue weighted by Gasteiger charge is -2.16.